The lowest BCUT2D eigenvalue weighted by molar-refractivity contribution is -0.119. The van der Waals surface area contributed by atoms with E-state index in [4.69, 9.17) is 11.6 Å². The Bertz CT molecular complexity index is 985. The maximum absolute atomic E-state index is 13.1. The zero-order chi connectivity index (χ0) is 19.7. The average molecular weight is 432 g/mol. The Kier molecular flexibility index (Phi) is 5.66. The van der Waals surface area contributed by atoms with Gasteiger partial charge in [-0.25, -0.2) is 0 Å². The van der Waals surface area contributed by atoms with Gasteiger partial charge < -0.3 is 0 Å². The highest BCUT2D eigenvalue weighted by Crippen LogP contribution is 2.45. The summed E-state index contributed by atoms with van der Waals surface area (Å²) in [6.07, 6.45) is 3.89. The quantitative estimate of drug-likeness (QED) is 0.379. The maximum atomic E-state index is 13.1. The molecule has 0 saturated heterocycles. The molecule has 28 heavy (non-hydrogen) atoms. The van der Waals surface area contributed by atoms with Gasteiger partial charge in [-0.3, -0.25) is 14.5 Å². The second-order valence-electron chi connectivity index (χ2n) is 6.59. The molecule has 0 saturated carbocycles. The first-order valence-electron chi connectivity index (χ1n) is 9.01. The van der Waals surface area contributed by atoms with E-state index in [0.717, 1.165) is 27.8 Å². The number of hydrogen-bond donors (Lipinski definition) is 0. The minimum absolute atomic E-state index is 0.0743. The van der Waals surface area contributed by atoms with Crippen molar-refractivity contribution in [2.75, 3.05) is 10.7 Å². The number of anilines is 1. The van der Waals surface area contributed by atoms with Crippen molar-refractivity contribution in [2.24, 2.45) is 0 Å². The SMILES string of the molecule is C=CCSc1nnc(N2C(=O)CC(c3ccccc3Cl)C3=C2CCCC3=O)s1. The summed E-state index contributed by atoms with van der Waals surface area (Å²) >= 11 is 9.29. The minimum atomic E-state index is -0.303. The highest BCUT2D eigenvalue weighted by atomic mass is 35.5. The Morgan fingerprint density at radius 2 is 2.11 bits per heavy atom. The second kappa shape index (κ2) is 8.19. The lowest BCUT2D eigenvalue weighted by atomic mass is 9.77. The monoisotopic (exact) mass is 431 g/mol. The molecule has 2 aromatic rings. The van der Waals surface area contributed by atoms with Crippen LogP contribution in [0.3, 0.4) is 0 Å². The fourth-order valence-electron chi connectivity index (χ4n) is 3.72. The van der Waals surface area contributed by atoms with E-state index in [1.807, 2.05) is 18.2 Å². The van der Waals surface area contributed by atoms with Gasteiger partial charge in [0.25, 0.3) is 0 Å². The predicted octanol–water partition coefficient (Wildman–Crippen LogP) is 5.00. The standard InChI is InChI=1S/C20H18ClN3O2S2/c1-2-10-27-20-23-22-19(28-20)24-15-8-5-9-16(25)18(15)13(11-17(24)26)12-6-3-4-7-14(12)21/h2-4,6-7,13H,1,5,8-11H2. The highest BCUT2D eigenvalue weighted by molar-refractivity contribution is 8.01. The number of carbonyl (C=O) groups excluding carboxylic acids is 2. The van der Waals surface area contributed by atoms with Gasteiger partial charge >= 0.3 is 0 Å². The number of amides is 1. The fourth-order valence-corrected chi connectivity index (χ4v) is 5.63. The first-order chi connectivity index (χ1) is 13.6. The molecule has 2 heterocycles. The molecule has 0 radical (unpaired) electrons. The molecule has 144 valence electrons. The van der Waals surface area contributed by atoms with E-state index in [2.05, 4.69) is 16.8 Å². The normalized spacial score (nSPS) is 19.8. The van der Waals surface area contributed by atoms with Crippen molar-refractivity contribution in [3.8, 4) is 0 Å². The molecule has 1 unspecified atom stereocenters. The van der Waals surface area contributed by atoms with Crippen molar-refractivity contribution in [3.63, 3.8) is 0 Å². The molecule has 0 spiro atoms. The molecule has 0 bridgehead atoms. The van der Waals surface area contributed by atoms with Crippen LogP contribution in [0, 0.1) is 0 Å². The highest BCUT2D eigenvalue weighted by Gasteiger charge is 2.41. The van der Waals surface area contributed by atoms with Gasteiger partial charge in [0.2, 0.25) is 11.0 Å². The molecule has 1 amide bonds. The van der Waals surface area contributed by atoms with Crippen LogP contribution in [-0.2, 0) is 9.59 Å². The number of nitrogens with zero attached hydrogens (tertiary/aromatic N) is 3. The molecular formula is C20H18ClN3O2S2. The van der Waals surface area contributed by atoms with Crippen molar-refractivity contribution >= 4 is 51.5 Å². The number of aromatic nitrogens is 2. The Morgan fingerprint density at radius 3 is 2.89 bits per heavy atom. The van der Waals surface area contributed by atoms with E-state index in [9.17, 15) is 9.59 Å². The lowest BCUT2D eigenvalue weighted by Crippen LogP contribution is -2.40. The summed E-state index contributed by atoms with van der Waals surface area (Å²) in [5.41, 5.74) is 2.29. The summed E-state index contributed by atoms with van der Waals surface area (Å²) in [5.74, 6) is 0.441. The number of allylic oxidation sites excluding steroid dienone is 2. The fraction of sp³-hybridized carbons (Fsp3) is 0.300. The van der Waals surface area contributed by atoms with E-state index in [0.29, 0.717) is 28.6 Å². The van der Waals surface area contributed by atoms with Crippen LogP contribution < -0.4 is 4.90 Å². The summed E-state index contributed by atoms with van der Waals surface area (Å²) in [7, 11) is 0. The van der Waals surface area contributed by atoms with Gasteiger partial charge in [0.05, 0.1) is 0 Å². The second-order valence-corrected chi connectivity index (χ2v) is 9.22. The molecule has 1 aliphatic heterocycles. The van der Waals surface area contributed by atoms with E-state index < -0.39 is 0 Å². The molecule has 0 fully saturated rings. The molecule has 1 aromatic heterocycles. The number of thioether (sulfide) groups is 1. The van der Waals surface area contributed by atoms with Crippen LogP contribution in [0.4, 0.5) is 5.13 Å². The van der Waals surface area contributed by atoms with Crippen molar-refractivity contribution in [1.29, 1.82) is 0 Å². The molecule has 8 heteroatoms. The number of Topliss-reactive ketones (excluding diaryl/α,β-unsaturated/α-hetero) is 1. The minimum Gasteiger partial charge on any atom is -0.294 e. The van der Waals surface area contributed by atoms with Crippen LogP contribution in [0.2, 0.25) is 5.02 Å². The molecule has 1 aliphatic carbocycles. The molecule has 0 N–H and O–H groups in total. The van der Waals surface area contributed by atoms with Crippen LogP contribution in [0.5, 0.6) is 0 Å². The molecular weight excluding hydrogens is 414 g/mol. The third-order valence-electron chi connectivity index (χ3n) is 4.87. The summed E-state index contributed by atoms with van der Waals surface area (Å²) < 4.78 is 0.778. The van der Waals surface area contributed by atoms with E-state index >= 15 is 0 Å². The Hall–Kier alpha value is -1.96. The molecule has 2 aliphatic rings. The third-order valence-corrected chi connectivity index (χ3v) is 7.25. The van der Waals surface area contributed by atoms with Crippen LogP contribution in [0.1, 0.15) is 37.2 Å². The van der Waals surface area contributed by atoms with E-state index in [1.165, 1.54) is 23.1 Å². The third kappa shape index (κ3) is 3.54. The zero-order valence-electron chi connectivity index (χ0n) is 15.1. The van der Waals surface area contributed by atoms with Crippen molar-refractivity contribution in [3.05, 3.63) is 58.8 Å². The molecule has 5 nitrogen and oxygen atoms in total. The molecule has 4 rings (SSSR count). The summed E-state index contributed by atoms with van der Waals surface area (Å²) in [4.78, 5) is 27.6. The van der Waals surface area contributed by atoms with Crippen LogP contribution in [0.15, 0.2) is 52.5 Å². The molecule has 1 aromatic carbocycles. The van der Waals surface area contributed by atoms with Crippen LogP contribution in [-0.4, -0.2) is 27.6 Å². The van der Waals surface area contributed by atoms with Gasteiger partial charge in [-0.05, 0) is 24.5 Å². The van der Waals surface area contributed by atoms with Gasteiger partial charge in [-0.15, -0.1) is 16.8 Å². The van der Waals surface area contributed by atoms with Crippen LogP contribution >= 0.6 is 34.7 Å². The van der Waals surface area contributed by atoms with Gasteiger partial charge in [-0.2, -0.15) is 0 Å². The maximum Gasteiger partial charge on any atom is 0.234 e. The largest absolute Gasteiger partial charge is 0.294 e. The summed E-state index contributed by atoms with van der Waals surface area (Å²) in [6.45, 7) is 3.71. The van der Waals surface area contributed by atoms with Gasteiger partial charge in [-0.1, -0.05) is 59.0 Å². The first kappa shape index (κ1) is 19.4. The zero-order valence-corrected chi connectivity index (χ0v) is 17.4. The lowest BCUT2D eigenvalue weighted by Gasteiger charge is -2.37. The van der Waals surface area contributed by atoms with E-state index in [-0.39, 0.29) is 24.0 Å². The van der Waals surface area contributed by atoms with Crippen molar-refractivity contribution < 1.29 is 9.59 Å². The first-order valence-corrected chi connectivity index (χ1v) is 11.2. The van der Waals surface area contributed by atoms with Crippen molar-refractivity contribution in [1.82, 2.24) is 10.2 Å². The van der Waals surface area contributed by atoms with Gasteiger partial charge in [0.15, 0.2) is 10.1 Å². The van der Waals surface area contributed by atoms with Gasteiger partial charge in [0.1, 0.15) is 0 Å². The van der Waals surface area contributed by atoms with Crippen LogP contribution in [0.25, 0.3) is 0 Å². The summed E-state index contributed by atoms with van der Waals surface area (Å²) in [5, 5.41) is 9.50. The topological polar surface area (TPSA) is 63.2 Å². The van der Waals surface area contributed by atoms with Gasteiger partial charge in [0, 0.05) is 40.8 Å². The average Bonchev–Trinajstić information content (AvgIpc) is 3.14. The summed E-state index contributed by atoms with van der Waals surface area (Å²) in [6, 6.07) is 7.44. The number of carbonyl (C=O) groups is 2. The Balaban J connectivity index is 1.78. The Labute approximate surface area is 176 Å². The molecule has 1 atom stereocenters. The van der Waals surface area contributed by atoms with Crippen molar-refractivity contribution in [2.45, 2.75) is 35.9 Å². The Morgan fingerprint density at radius 1 is 1.29 bits per heavy atom. The predicted molar refractivity (Wildman–Crippen MR) is 113 cm³/mol. The van der Waals surface area contributed by atoms with E-state index in [1.54, 1.807) is 17.0 Å². The number of hydrogen-bond acceptors (Lipinski definition) is 6. The number of ketones is 1. The number of rotatable bonds is 5. The number of halogens is 1. The number of benzene rings is 1. The smallest absolute Gasteiger partial charge is 0.234 e.